The van der Waals surface area contributed by atoms with Crippen LogP contribution in [-0.2, 0) is 26.5 Å². The average Bonchev–Trinajstić information content (AvgIpc) is 2.69. The molecule has 1 N–H and O–H groups in total. The Morgan fingerprint density at radius 1 is 1.27 bits per heavy atom. The highest BCUT2D eigenvalue weighted by atomic mass is 32.2. The molecule has 1 aliphatic heterocycles. The Bertz CT molecular complexity index is 793. The first-order chi connectivity index (χ1) is 14.0. The Hall–Kier alpha value is -2.14. The maximum absolute atomic E-state index is 13.4. The third-order valence-electron chi connectivity index (χ3n) is 4.76. The van der Waals surface area contributed by atoms with Gasteiger partial charge in [-0.1, -0.05) is 0 Å². The fraction of sp³-hybridized carbons (Fsp3) is 0.579. The highest BCUT2D eigenvalue weighted by Gasteiger charge is 2.33. The number of halogens is 3. The zero-order chi connectivity index (χ0) is 22.5. The summed E-state index contributed by atoms with van der Waals surface area (Å²) in [6.07, 6.45) is -4.63. The molecule has 0 radical (unpaired) electrons. The number of hydrogen-bond acceptors (Lipinski definition) is 5. The lowest BCUT2D eigenvalue weighted by molar-refractivity contribution is -0.144. The second-order valence-electron chi connectivity index (χ2n) is 7.13. The summed E-state index contributed by atoms with van der Waals surface area (Å²) in [6, 6.07) is 3.22. The summed E-state index contributed by atoms with van der Waals surface area (Å²) in [5, 5.41) is 8.63. The SMILES string of the molecule is CC(CCN(C)c1cc(C(=O)N2CCS(=O)CC2)cc(C(F)(F)F)c1)OCC(=O)O. The van der Waals surface area contributed by atoms with Crippen LogP contribution in [0.2, 0.25) is 0 Å². The lowest BCUT2D eigenvalue weighted by Gasteiger charge is -2.28. The zero-order valence-electron chi connectivity index (χ0n) is 16.8. The average molecular weight is 450 g/mol. The molecule has 168 valence electrons. The van der Waals surface area contributed by atoms with Crippen molar-refractivity contribution in [1.82, 2.24) is 4.90 Å². The number of carboxylic acid groups (broad SMARTS) is 1. The number of benzene rings is 1. The first kappa shape index (κ1) is 24.1. The molecule has 0 aromatic heterocycles. The highest BCUT2D eigenvalue weighted by molar-refractivity contribution is 7.85. The van der Waals surface area contributed by atoms with Gasteiger partial charge in [0.15, 0.2) is 0 Å². The third kappa shape index (κ3) is 6.98. The Morgan fingerprint density at radius 3 is 2.47 bits per heavy atom. The summed E-state index contributed by atoms with van der Waals surface area (Å²) in [5.41, 5.74) is -0.778. The van der Waals surface area contributed by atoms with Crippen molar-refractivity contribution >= 4 is 28.4 Å². The van der Waals surface area contributed by atoms with Crippen LogP contribution in [0.25, 0.3) is 0 Å². The molecule has 11 heteroatoms. The minimum atomic E-state index is -4.62. The van der Waals surface area contributed by atoms with Gasteiger partial charge in [0, 0.05) is 60.2 Å². The summed E-state index contributed by atoms with van der Waals surface area (Å²) >= 11 is 0. The summed E-state index contributed by atoms with van der Waals surface area (Å²) in [7, 11) is 0.588. The normalized spacial score (nSPS) is 16.4. The van der Waals surface area contributed by atoms with Gasteiger partial charge in [0.25, 0.3) is 5.91 Å². The Labute approximate surface area is 175 Å². The first-order valence-electron chi connectivity index (χ1n) is 9.38. The van der Waals surface area contributed by atoms with Gasteiger partial charge >= 0.3 is 12.1 Å². The maximum atomic E-state index is 13.4. The zero-order valence-corrected chi connectivity index (χ0v) is 17.6. The van der Waals surface area contributed by atoms with Crippen molar-refractivity contribution in [2.24, 2.45) is 0 Å². The van der Waals surface area contributed by atoms with E-state index in [4.69, 9.17) is 9.84 Å². The van der Waals surface area contributed by atoms with Gasteiger partial charge in [-0.2, -0.15) is 13.2 Å². The molecule has 1 aliphatic rings. The minimum absolute atomic E-state index is 0.0745. The molecule has 1 aromatic carbocycles. The minimum Gasteiger partial charge on any atom is -0.480 e. The van der Waals surface area contributed by atoms with E-state index in [1.54, 1.807) is 18.9 Å². The van der Waals surface area contributed by atoms with E-state index in [9.17, 15) is 27.0 Å². The summed E-state index contributed by atoms with van der Waals surface area (Å²) in [6.45, 7) is 2.01. The number of carbonyl (C=O) groups excluding carboxylic acids is 1. The molecule has 30 heavy (non-hydrogen) atoms. The maximum Gasteiger partial charge on any atom is 0.416 e. The van der Waals surface area contributed by atoms with E-state index in [1.807, 2.05) is 0 Å². The summed E-state index contributed by atoms with van der Waals surface area (Å²) in [5.74, 6) is -0.999. The molecule has 1 unspecified atom stereocenters. The number of alkyl halides is 3. The molecule has 1 amide bonds. The molecule has 0 aliphatic carbocycles. The number of nitrogens with zero attached hydrogens (tertiary/aromatic N) is 2. The molecule has 2 rings (SSSR count). The van der Waals surface area contributed by atoms with Gasteiger partial charge < -0.3 is 19.6 Å². The van der Waals surface area contributed by atoms with E-state index in [1.165, 1.54) is 11.0 Å². The Balaban J connectivity index is 2.18. The predicted molar refractivity (Wildman–Crippen MR) is 106 cm³/mol. The smallest absolute Gasteiger partial charge is 0.416 e. The second kappa shape index (κ2) is 10.3. The number of anilines is 1. The van der Waals surface area contributed by atoms with Gasteiger partial charge in [-0.25, -0.2) is 4.79 Å². The first-order valence-corrected chi connectivity index (χ1v) is 10.9. The van der Waals surface area contributed by atoms with Gasteiger partial charge in [-0.3, -0.25) is 9.00 Å². The van der Waals surface area contributed by atoms with Gasteiger partial charge in [0.2, 0.25) is 0 Å². The van der Waals surface area contributed by atoms with Crippen LogP contribution >= 0.6 is 0 Å². The van der Waals surface area contributed by atoms with Crippen LogP contribution in [-0.4, -0.2) is 77.0 Å². The molecule has 7 nitrogen and oxygen atoms in total. The van der Waals surface area contributed by atoms with E-state index < -0.39 is 47.1 Å². The molecule has 0 spiro atoms. The van der Waals surface area contributed by atoms with Crippen molar-refractivity contribution < 1.29 is 36.8 Å². The van der Waals surface area contributed by atoms with Crippen LogP contribution in [0.15, 0.2) is 18.2 Å². The fourth-order valence-corrected chi connectivity index (χ4v) is 4.00. The number of amides is 1. The second-order valence-corrected chi connectivity index (χ2v) is 8.83. The van der Waals surface area contributed by atoms with Gasteiger partial charge in [0.1, 0.15) is 6.61 Å². The van der Waals surface area contributed by atoms with E-state index in [0.29, 0.717) is 24.5 Å². The number of carbonyl (C=O) groups is 2. The van der Waals surface area contributed by atoms with E-state index in [-0.39, 0.29) is 24.3 Å². The van der Waals surface area contributed by atoms with Crippen molar-refractivity contribution in [3.63, 3.8) is 0 Å². The van der Waals surface area contributed by atoms with Crippen LogP contribution in [0.3, 0.4) is 0 Å². The van der Waals surface area contributed by atoms with Crippen molar-refractivity contribution in [3.05, 3.63) is 29.3 Å². The lowest BCUT2D eigenvalue weighted by atomic mass is 10.1. The molecular weight excluding hydrogens is 425 g/mol. The van der Waals surface area contributed by atoms with Crippen LogP contribution in [0.1, 0.15) is 29.3 Å². The number of aliphatic carboxylic acids is 1. The van der Waals surface area contributed by atoms with E-state index >= 15 is 0 Å². The van der Waals surface area contributed by atoms with Gasteiger partial charge in [-0.15, -0.1) is 0 Å². The van der Waals surface area contributed by atoms with E-state index in [2.05, 4.69) is 0 Å². The topological polar surface area (TPSA) is 87.2 Å². The van der Waals surface area contributed by atoms with Crippen molar-refractivity contribution in [2.75, 3.05) is 49.7 Å². The van der Waals surface area contributed by atoms with Crippen LogP contribution < -0.4 is 4.90 Å². The molecule has 1 atom stereocenters. The number of rotatable bonds is 8. The monoisotopic (exact) mass is 450 g/mol. The molecule has 1 heterocycles. The predicted octanol–water partition coefficient (Wildman–Crippen LogP) is 2.23. The number of ether oxygens (including phenoxy) is 1. The van der Waals surface area contributed by atoms with Crippen molar-refractivity contribution in [1.29, 1.82) is 0 Å². The van der Waals surface area contributed by atoms with Crippen LogP contribution in [0.5, 0.6) is 0 Å². The largest absolute Gasteiger partial charge is 0.480 e. The van der Waals surface area contributed by atoms with Crippen molar-refractivity contribution in [3.8, 4) is 0 Å². The van der Waals surface area contributed by atoms with Crippen LogP contribution in [0, 0.1) is 0 Å². The summed E-state index contributed by atoms with van der Waals surface area (Å²) in [4.78, 5) is 26.3. The highest BCUT2D eigenvalue weighted by Crippen LogP contribution is 2.33. The molecule has 0 saturated carbocycles. The van der Waals surface area contributed by atoms with Gasteiger partial charge in [0.05, 0.1) is 11.7 Å². The van der Waals surface area contributed by atoms with Crippen LogP contribution in [0.4, 0.5) is 18.9 Å². The fourth-order valence-electron chi connectivity index (χ4n) is 2.94. The lowest BCUT2D eigenvalue weighted by Crippen LogP contribution is -2.41. The molecule has 1 fully saturated rings. The molecule has 1 aromatic rings. The third-order valence-corrected chi connectivity index (χ3v) is 6.04. The quantitative estimate of drug-likeness (QED) is 0.654. The molecular formula is C19H25F3N2O5S. The van der Waals surface area contributed by atoms with Gasteiger partial charge in [-0.05, 0) is 31.5 Å². The summed E-state index contributed by atoms with van der Waals surface area (Å²) < 4.78 is 56.8. The number of hydrogen-bond donors (Lipinski definition) is 1. The standard InChI is InChI=1S/C19H25F3N2O5S/c1-13(29-12-17(25)26)3-4-23(2)16-10-14(9-15(11-16)19(20,21)22)18(27)24-5-7-30(28)8-6-24/h9-11,13H,3-8,12H2,1-2H3,(H,25,26). The van der Waals surface area contributed by atoms with E-state index in [0.717, 1.165) is 12.1 Å². The molecule has 1 saturated heterocycles. The number of carboxylic acids is 1. The Morgan fingerprint density at radius 2 is 1.90 bits per heavy atom. The molecule has 0 bridgehead atoms. The van der Waals surface area contributed by atoms with Crippen molar-refractivity contribution in [2.45, 2.75) is 25.6 Å². The Kier molecular flexibility index (Phi) is 8.25.